The summed E-state index contributed by atoms with van der Waals surface area (Å²) in [5.74, 6) is 1.73. The first-order valence-corrected chi connectivity index (χ1v) is 8.46. The molecule has 0 amide bonds. The van der Waals surface area contributed by atoms with Crippen LogP contribution in [-0.2, 0) is 13.1 Å². The monoisotopic (exact) mass is 317 g/mol. The molecule has 1 aromatic carbocycles. The van der Waals surface area contributed by atoms with Crippen LogP contribution in [0, 0.1) is 0 Å². The maximum atomic E-state index is 5.52. The average Bonchev–Trinajstić information content (AvgIpc) is 3.04. The minimum absolute atomic E-state index is 0.626. The van der Waals surface area contributed by atoms with E-state index in [2.05, 4.69) is 46.1 Å². The zero-order valence-corrected chi connectivity index (χ0v) is 14.0. The molecule has 2 N–H and O–H groups in total. The summed E-state index contributed by atoms with van der Waals surface area (Å²) in [4.78, 5) is 5.92. The van der Waals surface area contributed by atoms with Crippen LogP contribution in [-0.4, -0.2) is 19.1 Å². The molecule has 0 unspecified atom stereocenters. The standard InChI is InChI=1S/C17H23N3OS/c1-3-18-17(20-13-16-9-6-10-22-16)19-12-14-7-5-8-15(11-14)21-4-2/h5-11H,3-4,12-13H2,1-2H3,(H2,18,19,20). The van der Waals surface area contributed by atoms with Gasteiger partial charge in [0.2, 0.25) is 0 Å². The van der Waals surface area contributed by atoms with Crippen molar-refractivity contribution in [3.63, 3.8) is 0 Å². The highest BCUT2D eigenvalue weighted by Crippen LogP contribution is 2.14. The summed E-state index contributed by atoms with van der Waals surface area (Å²) in [5.41, 5.74) is 1.14. The lowest BCUT2D eigenvalue weighted by molar-refractivity contribution is 0.340. The van der Waals surface area contributed by atoms with Gasteiger partial charge < -0.3 is 15.4 Å². The maximum Gasteiger partial charge on any atom is 0.191 e. The minimum Gasteiger partial charge on any atom is -0.494 e. The van der Waals surface area contributed by atoms with E-state index in [1.54, 1.807) is 11.3 Å². The zero-order valence-electron chi connectivity index (χ0n) is 13.1. The summed E-state index contributed by atoms with van der Waals surface area (Å²) < 4.78 is 5.52. The summed E-state index contributed by atoms with van der Waals surface area (Å²) in [7, 11) is 0. The summed E-state index contributed by atoms with van der Waals surface area (Å²) in [6, 6.07) is 12.3. The highest BCUT2D eigenvalue weighted by Gasteiger charge is 2.00. The first-order chi connectivity index (χ1) is 10.8. The molecule has 2 rings (SSSR count). The second-order valence-electron chi connectivity index (χ2n) is 4.71. The van der Waals surface area contributed by atoms with Crippen LogP contribution >= 0.6 is 11.3 Å². The van der Waals surface area contributed by atoms with Crippen LogP contribution in [0.1, 0.15) is 24.3 Å². The molecule has 0 bridgehead atoms. The lowest BCUT2D eigenvalue weighted by atomic mass is 10.2. The van der Waals surface area contributed by atoms with E-state index in [0.717, 1.165) is 30.4 Å². The molecule has 1 heterocycles. The molecule has 0 fully saturated rings. The second kappa shape index (κ2) is 9.10. The number of guanidine groups is 1. The topological polar surface area (TPSA) is 45.7 Å². The molecule has 0 aliphatic heterocycles. The molecule has 0 saturated heterocycles. The fourth-order valence-corrected chi connectivity index (χ4v) is 2.64. The fourth-order valence-electron chi connectivity index (χ4n) is 2.00. The van der Waals surface area contributed by atoms with Crippen molar-refractivity contribution in [1.82, 2.24) is 10.6 Å². The fraction of sp³-hybridized carbons (Fsp3) is 0.353. The molecular weight excluding hydrogens is 294 g/mol. The van der Waals surface area contributed by atoms with E-state index in [0.29, 0.717) is 13.2 Å². The third-order valence-corrected chi connectivity index (χ3v) is 3.86. The lowest BCUT2D eigenvalue weighted by Crippen LogP contribution is -2.36. The quantitative estimate of drug-likeness (QED) is 0.608. The van der Waals surface area contributed by atoms with Gasteiger partial charge in [0, 0.05) is 11.4 Å². The molecule has 22 heavy (non-hydrogen) atoms. The van der Waals surface area contributed by atoms with Crippen LogP contribution in [0.2, 0.25) is 0 Å². The number of hydrogen-bond acceptors (Lipinski definition) is 3. The molecule has 0 atom stereocenters. The van der Waals surface area contributed by atoms with Crippen molar-refractivity contribution in [2.24, 2.45) is 4.99 Å². The first-order valence-electron chi connectivity index (χ1n) is 7.58. The summed E-state index contributed by atoms with van der Waals surface area (Å²) in [5, 5.41) is 8.70. The zero-order chi connectivity index (χ0) is 15.6. The number of benzene rings is 1. The highest BCUT2D eigenvalue weighted by atomic mass is 32.1. The van der Waals surface area contributed by atoms with Crippen molar-refractivity contribution < 1.29 is 4.74 Å². The summed E-state index contributed by atoms with van der Waals surface area (Å²) in [6.45, 7) is 7.00. The van der Waals surface area contributed by atoms with Crippen molar-refractivity contribution >= 4 is 17.3 Å². The van der Waals surface area contributed by atoms with Gasteiger partial charge in [-0.05, 0) is 43.0 Å². The smallest absolute Gasteiger partial charge is 0.191 e. The van der Waals surface area contributed by atoms with E-state index in [9.17, 15) is 0 Å². The van der Waals surface area contributed by atoms with Crippen molar-refractivity contribution in [1.29, 1.82) is 0 Å². The lowest BCUT2D eigenvalue weighted by Gasteiger charge is -2.11. The number of aliphatic imine (C=N–C) groups is 1. The molecule has 0 saturated carbocycles. The Labute approximate surface area is 136 Å². The number of nitrogens with one attached hydrogen (secondary N) is 2. The number of rotatable bonds is 7. The number of hydrogen-bond donors (Lipinski definition) is 2. The van der Waals surface area contributed by atoms with Gasteiger partial charge in [-0.2, -0.15) is 0 Å². The van der Waals surface area contributed by atoms with Crippen molar-refractivity contribution in [2.75, 3.05) is 13.2 Å². The minimum atomic E-state index is 0.626. The Morgan fingerprint density at radius 3 is 2.82 bits per heavy atom. The highest BCUT2D eigenvalue weighted by molar-refractivity contribution is 7.09. The van der Waals surface area contributed by atoms with Gasteiger partial charge in [0.15, 0.2) is 5.96 Å². The van der Waals surface area contributed by atoms with Crippen LogP contribution in [0.4, 0.5) is 0 Å². The first kappa shape index (κ1) is 16.4. The number of thiophene rings is 1. The SMILES string of the molecule is CCNC(=NCc1cccc(OCC)c1)NCc1cccs1. The van der Waals surface area contributed by atoms with Gasteiger partial charge in [-0.1, -0.05) is 18.2 Å². The third kappa shape index (κ3) is 5.41. The average molecular weight is 317 g/mol. The van der Waals surface area contributed by atoms with Crippen molar-refractivity contribution in [2.45, 2.75) is 26.9 Å². The molecule has 0 spiro atoms. The maximum absolute atomic E-state index is 5.52. The largest absolute Gasteiger partial charge is 0.494 e. The normalized spacial score (nSPS) is 11.3. The van der Waals surface area contributed by atoms with E-state index < -0.39 is 0 Å². The van der Waals surface area contributed by atoms with Crippen LogP contribution in [0.25, 0.3) is 0 Å². The van der Waals surface area contributed by atoms with Gasteiger partial charge in [0.1, 0.15) is 5.75 Å². The van der Waals surface area contributed by atoms with E-state index in [1.165, 1.54) is 4.88 Å². The molecule has 2 aromatic rings. The number of nitrogens with zero attached hydrogens (tertiary/aromatic N) is 1. The van der Waals surface area contributed by atoms with Crippen LogP contribution in [0.5, 0.6) is 5.75 Å². The molecule has 0 aliphatic rings. The third-order valence-electron chi connectivity index (χ3n) is 2.98. The van der Waals surface area contributed by atoms with Crippen LogP contribution in [0.3, 0.4) is 0 Å². The van der Waals surface area contributed by atoms with Gasteiger partial charge in [0.25, 0.3) is 0 Å². The molecule has 0 radical (unpaired) electrons. The molecule has 118 valence electrons. The van der Waals surface area contributed by atoms with E-state index >= 15 is 0 Å². The number of ether oxygens (including phenoxy) is 1. The Balaban J connectivity index is 1.95. The van der Waals surface area contributed by atoms with Gasteiger partial charge in [-0.3, -0.25) is 0 Å². The molecule has 0 aliphatic carbocycles. The molecule has 1 aromatic heterocycles. The summed E-state index contributed by atoms with van der Waals surface area (Å²) >= 11 is 1.74. The molecule has 5 heteroatoms. The summed E-state index contributed by atoms with van der Waals surface area (Å²) in [6.07, 6.45) is 0. The predicted molar refractivity (Wildman–Crippen MR) is 93.6 cm³/mol. The van der Waals surface area contributed by atoms with Gasteiger partial charge >= 0.3 is 0 Å². The predicted octanol–water partition coefficient (Wildman–Crippen LogP) is 3.40. The van der Waals surface area contributed by atoms with Crippen LogP contribution in [0.15, 0.2) is 46.8 Å². The van der Waals surface area contributed by atoms with Crippen molar-refractivity contribution in [3.8, 4) is 5.75 Å². The van der Waals surface area contributed by atoms with Gasteiger partial charge in [-0.15, -0.1) is 11.3 Å². The Hall–Kier alpha value is -2.01. The van der Waals surface area contributed by atoms with E-state index in [1.807, 2.05) is 25.1 Å². The molecular formula is C17H23N3OS. The van der Waals surface area contributed by atoms with E-state index in [-0.39, 0.29) is 0 Å². The Morgan fingerprint density at radius 2 is 2.09 bits per heavy atom. The second-order valence-corrected chi connectivity index (χ2v) is 5.74. The van der Waals surface area contributed by atoms with Gasteiger partial charge in [-0.25, -0.2) is 4.99 Å². The Morgan fingerprint density at radius 1 is 1.18 bits per heavy atom. The van der Waals surface area contributed by atoms with Crippen LogP contribution < -0.4 is 15.4 Å². The molecule has 4 nitrogen and oxygen atoms in total. The van der Waals surface area contributed by atoms with E-state index in [4.69, 9.17) is 4.74 Å². The Bertz CT molecular complexity index is 581. The van der Waals surface area contributed by atoms with Crippen molar-refractivity contribution in [3.05, 3.63) is 52.2 Å². The van der Waals surface area contributed by atoms with Gasteiger partial charge in [0.05, 0.1) is 19.7 Å². The Kier molecular flexibility index (Phi) is 6.77.